The van der Waals surface area contributed by atoms with Gasteiger partial charge in [-0.2, -0.15) is 0 Å². The van der Waals surface area contributed by atoms with Crippen LogP contribution in [-0.2, 0) is 17.7 Å². The van der Waals surface area contributed by atoms with Gasteiger partial charge in [0.25, 0.3) is 0 Å². The molecule has 0 amide bonds. The molecular weight excluding hydrogens is 382 g/mol. The van der Waals surface area contributed by atoms with Gasteiger partial charge in [-0.15, -0.1) is 0 Å². The van der Waals surface area contributed by atoms with Crippen molar-refractivity contribution in [3.63, 3.8) is 0 Å². The number of para-hydroxylation sites is 1. The highest BCUT2D eigenvalue weighted by Crippen LogP contribution is 2.26. The standard InChI is InChI=1S/C22H29N5O3/c1-26(9-7-16-5-3-4-6-19(16)29-2)21-20-22(24-14-23-21)27(15-25-20)11-18(12-28)17-8-10-30-13-17/h3-6,14-15,17-18,28H,7-13H2,1-2H3. The van der Waals surface area contributed by atoms with E-state index in [-0.39, 0.29) is 12.5 Å². The molecule has 4 rings (SSSR count). The molecule has 1 aliphatic heterocycles. The molecule has 3 aromatic rings. The molecule has 0 saturated carbocycles. The highest BCUT2D eigenvalue weighted by Gasteiger charge is 2.26. The molecule has 1 aliphatic rings. The molecule has 2 aromatic heterocycles. The average molecular weight is 412 g/mol. The predicted octanol–water partition coefficient (Wildman–Crippen LogP) is 2.16. The molecular formula is C22H29N5O3. The average Bonchev–Trinajstić information content (AvgIpc) is 3.46. The summed E-state index contributed by atoms with van der Waals surface area (Å²) >= 11 is 0. The number of aliphatic hydroxyl groups is 1. The number of aliphatic hydroxyl groups excluding tert-OH is 1. The van der Waals surface area contributed by atoms with Crippen molar-refractivity contribution < 1.29 is 14.6 Å². The largest absolute Gasteiger partial charge is 0.496 e. The molecule has 2 unspecified atom stereocenters. The number of imidazole rings is 1. The normalized spacial score (nSPS) is 17.4. The summed E-state index contributed by atoms with van der Waals surface area (Å²) in [5, 5.41) is 9.88. The minimum absolute atomic E-state index is 0.129. The number of ether oxygens (including phenoxy) is 2. The van der Waals surface area contributed by atoms with E-state index in [4.69, 9.17) is 9.47 Å². The number of fused-ring (bicyclic) bond motifs is 1. The molecule has 1 N–H and O–H groups in total. The van der Waals surface area contributed by atoms with Crippen LogP contribution >= 0.6 is 0 Å². The number of hydrogen-bond acceptors (Lipinski definition) is 7. The predicted molar refractivity (Wildman–Crippen MR) is 115 cm³/mol. The summed E-state index contributed by atoms with van der Waals surface area (Å²) in [7, 11) is 3.71. The number of rotatable bonds is 9. The third kappa shape index (κ3) is 4.24. The Bertz CT molecular complexity index is 970. The second-order valence-corrected chi connectivity index (χ2v) is 7.82. The van der Waals surface area contributed by atoms with Crippen molar-refractivity contribution in [2.24, 2.45) is 11.8 Å². The van der Waals surface area contributed by atoms with Crippen LogP contribution in [0.2, 0.25) is 0 Å². The molecule has 0 aliphatic carbocycles. The Balaban J connectivity index is 1.51. The quantitative estimate of drug-likeness (QED) is 0.577. The monoisotopic (exact) mass is 411 g/mol. The van der Waals surface area contributed by atoms with Crippen LogP contribution in [-0.4, -0.2) is 65.1 Å². The summed E-state index contributed by atoms with van der Waals surface area (Å²) in [4.78, 5) is 15.7. The second kappa shape index (κ2) is 9.40. The lowest BCUT2D eigenvalue weighted by Gasteiger charge is -2.21. The van der Waals surface area contributed by atoms with Crippen molar-refractivity contribution >= 4 is 17.0 Å². The van der Waals surface area contributed by atoms with E-state index in [0.29, 0.717) is 19.1 Å². The fraction of sp³-hybridized carbons (Fsp3) is 0.500. The van der Waals surface area contributed by atoms with E-state index in [1.54, 1.807) is 19.8 Å². The summed E-state index contributed by atoms with van der Waals surface area (Å²) < 4.78 is 13.0. The highest BCUT2D eigenvalue weighted by atomic mass is 16.5. The fourth-order valence-electron chi connectivity index (χ4n) is 4.12. The van der Waals surface area contributed by atoms with Crippen LogP contribution in [0.1, 0.15) is 12.0 Å². The Kier molecular flexibility index (Phi) is 6.44. The Morgan fingerprint density at radius 1 is 1.30 bits per heavy atom. The maximum Gasteiger partial charge on any atom is 0.165 e. The van der Waals surface area contributed by atoms with Crippen LogP contribution in [0.5, 0.6) is 5.75 Å². The lowest BCUT2D eigenvalue weighted by Crippen LogP contribution is -2.24. The Morgan fingerprint density at radius 3 is 2.93 bits per heavy atom. The number of aromatic nitrogens is 4. The smallest absolute Gasteiger partial charge is 0.165 e. The number of benzene rings is 1. The Labute approximate surface area is 176 Å². The Hall–Kier alpha value is -2.71. The molecule has 0 spiro atoms. The molecule has 0 radical (unpaired) electrons. The van der Waals surface area contributed by atoms with Gasteiger partial charge in [-0.1, -0.05) is 18.2 Å². The summed E-state index contributed by atoms with van der Waals surface area (Å²) in [5.74, 6) is 2.20. The zero-order chi connectivity index (χ0) is 20.9. The summed E-state index contributed by atoms with van der Waals surface area (Å²) in [6.07, 6.45) is 5.21. The molecule has 160 valence electrons. The second-order valence-electron chi connectivity index (χ2n) is 7.82. The highest BCUT2D eigenvalue weighted by molar-refractivity contribution is 5.83. The third-order valence-electron chi connectivity index (χ3n) is 5.95. The van der Waals surface area contributed by atoms with E-state index in [2.05, 4.69) is 25.9 Å². The summed E-state index contributed by atoms with van der Waals surface area (Å²) in [6.45, 7) is 3.06. The van der Waals surface area contributed by atoms with Gasteiger partial charge < -0.3 is 24.0 Å². The van der Waals surface area contributed by atoms with Crippen LogP contribution in [0.4, 0.5) is 5.82 Å². The van der Waals surface area contributed by atoms with E-state index in [1.165, 1.54) is 0 Å². The van der Waals surface area contributed by atoms with E-state index in [1.807, 2.05) is 29.8 Å². The van der Waals surface area contributed by atoms with Gasteiger partial charge in [0.1, 0.15) is 12.1 Å². The van der Waals surface area contributed by atoms with Gasteiger partial charge in [0, 0.05) is 45.9 Å². The van der Waals surface area contributed by atoms with Crippen molar-refractivity contribution in [2.45, 2.75) is 19.4 Å². The van der Waals surface area contributed by atoms with E-state index < -0.39 is 0 Å². The van der Waals surface area contributed by atoms with Crippen LogP contribution in [0, 0.1) is 11.8 Å². The fourth-order valence-corrected chi connectivity index (χ4v) is 4.12. The number of likely N-dealkylation sites (N-methyl/N-ethyl adjacent to an activating group) is 1. The van der Waals surface area contributed by atoms with Gasteiger partial charge in [0.2, 0.25) is 0 Å². The zero-order valence-electron chi connectivity index (χ0n) is 17.6. The van der Waals surface area contributed by atoms with Gasteiger partial charge in [0.05, 0.1) is 13.4 Å². The lowest BCUT2D eigenvalue weighted by atomic mass is 9.92. The van der Waals surface area contributed by atoms with Gasteiger partial charge in [0.15, 0.2) is 17.0 Å². The van der Waals surface area contributed by atoms with Crippen LogP contribution < -0.4 is 9.64 Å². The SMILES string of the molecule is COc1ccccc1CCN(C)c1ncnc2c1ncn2CC(CO)C1CCOC1. The van der Waals surface area contributed by atoms with Gasteiger partial charge in [-0.3, -0.25) is 0 Å². The van der Waals surface area contributed by atoms with E-state index in [0.717, 1.165) is 54.3 Å². The van der Waals surface area contributed by atoms with Gasteiger partial charge in [-0.25, -0.2) is 15.0 Å². The maximum absolute atomic E-state index is 9.88. The molecule has 8 nitrogen and oxygen atoms in total. The minimum atomic E-state index is 0.129. The molecule has 0 bridgehead atoms. The maximum atomic E-state index is 9.88. The molecule has 3 heterocycles. The van der Waals surface area contributed by atoms with Crippen molar-refractivity contribution in [3.05, 3.63) is 42.5 Å². The minimum Gasteiger partial charge on any atom is -0.496 e. The number of methoxy groups -OCH3 is 1. The summed E-state index contributed by atoms with van der Waals surface area (Å²) in [5.41, 5.74) is 2.73. The number of anilines is 1. The molecule has 1 fully saturated rings. The first kappa shape index (κ1) is 20.6. The molecule has 1 aromatic carbocycles. The number of hydrogen-bond donors (Lipinski definition) is 1. The first-order valence-electron chi connectivity index (χ1n) is 10.4. The first-order chi connectivity index (χ1) is 14.7. The molecule has 8 heteroatoms. The van der Waals surface area contributed by atoms with Crippen LogP contribution in [0.25, 0.3) is 11.2 Å². The first-order valence-corrected chi connectivity index (χ1v) is 10.4. The van der Waals surface area contributed by atoms with Gasteiger partial charge in [-0.05, 0) is 30.4 Å². The summed E-state index contributed by atoms with van der Waals surface area (Å²) in [6, 6.07) is 8.06. The van der Waals surface area contributed by atoms with Crippen LogP contribution in [0.15, 0.2) is 36.9 Å². The van der Waals surface area contributed by atoms with Crippen LogP contribution in [0.3, 0.4) is 0 Å². The third-order valence-corrected chi connectivity index (χ3v) is 5.95. The Morgan fingerprint density at radius 2 is 2.17 bits per heavy atom. The zero-order valence-corrected chi connectivity index (χ0v) is 17.6. The van der Waals surface area contributed by atoms with Crippen molar-refractivity contribution in [2.75, 3.05) is 45.4 Å². The number of nitrogens with zero attached hydrogens (tertiary/aromatic N) is 5. The molecule has 30 heavy (non-hydrogen) atoms. The lowest BCUT2D eigenvalue weighted by molar-refractivity contribution is 0.130. The van der Waals surface area contributed by atoms with E-state index in [9.17, 15) is 5.11 Å². The topological polar surface area (TPSA) is 85.5 Å². The van der Waals surface area contributed by atoms with Crippen molar-refractivity contribution in [1.82, 2.24) is 19.5 Å². The van der Waals surface area contributed by atoms with Crippen molar-refractivity contribution in [1.29, 1.82) is 0 Å². The molecule has 2 atom stereocenters. The van der Waals surface area contributed by atoms with E-state index >= 15 is 0 Å². The van der Waals surface area contributed by atoms with Crippen molar-refractivity contribution in [3.8, 4) is 5.75 Å². The molecule has 1 saturated heterocycles. The van der Waals surface area contributed by atoms with Gasteiger partial charge >= 0.3 is 0 Å².